The number of nitrogens with zero attached hydrogens (tertiary/aromatic N) is 2. The topological polar surface area (TPSA) is 57.7 Å². The van der Waals surface area contributed by atoms with Crippen LogP contribution in [0.1, 0.15) is 15.9 Å². The van der Waals surface area contributed by atoms with Gasteiger partial charge in [0.1, 0.15) is 0 Å². The predicted molar refractivity (Wildman–Crippen MR) is 105 cm³/mol. The van der Waals surface area contributed by atoms with Gasteiger partial charge in [-0.1, -0.05) is 29.8 Å². The lowest BCUT2D eigenvalue weighted by atomic mass is 10.1. The van der Waals surface area contributed by atoms with Crippen LogP contribution in [0, 0.1) is 0 Å². The van der Waals surface area contributed by atoms with Crippen LogP contribution in [-0.4, -0.2) is 51.7 Å². The molecule has 3 rings (SSSR count). The van der Waals surface area contributed by atoms with E-state index in [1.807, 2.05) is 29.2 Å². The minimum atomic E-state index is -3.08. The first-order valence-corrected chi connectivity index (χ1v) is 10.8. The summed E-state index contributed by atoms with van der Waals surface area (Å²) in [5.74, 6) is -0.0404. The second-order valence-corrected chi connectivity index (χ2v) is 9.10. The van der Waals surface area contributed by atoms with Crippen LogP contribution < -0.4 is 4.90 Å². The van der Waals surface area contributed by atoms with Gasteiger partial charge in [0.15, 0.2) is 9.84 Å². The summed E-state index contributed by atoms with van der Waals surface area (Å²) >= 11 is 6.05. The molecule has 1 aliphatic rings. The Bertz CT molecular complexity index is 889. The Hall–Kier alpha value is -2.05. The van der Waals surface area contributed by atoms with Crippen molar-refractivity contribution >= 4 is 33.0 Å². The van der Waals surface area contributed by atoms with Gasteiger partial charge in [0.05, 0.1) is 5.75 Å². The molecule has 2 aromatic rings. The van der Waals surface area contributed by atoms with Gasteiger partial charge in [0.25, 0.3) is 5.91 Å². The van der Waals surface area contributed by atoms with Gasteiger partial charge in [-0.15, -0.1) is 0 Å². The van der Waals surface area contributed by atoms with Crippen molar-refractivity contribution in [3.63, 3.8) is 0 Å². The van der Waals surface area contributed by atoms with E-state index in [0.29, 0.717) is 29.2 Å². The highest BCUT2D eigenvalue weighted by molar-refractivity contribution is 7.89. The van der Waals surface area contributed by atoms with E-state index in [-0.39, 0.29) is 11.7 Å². The average Bonchev–Trinajstić information content (AvgIpc) is 2.61. The summed E-state index contributed by atoms with van der Waals surface area (Å²) in [7, 11) is -3.08. The van der Waals surface area contributed by atoms with Crippen LogP contribution in [0.5, 0.6) is 0 Å². The summed E-state index contributed by atoms with van der Waals surface area (Å²) in [6, 6.07) is 14.5. The standard InChI is InChI=1S/C19H21ClN2O3S/c1-26(24,25)14-15-5-7-16(8-6-15)19(23)22-11-9-21(10-12-22)18-4-2-3-17(20)13-18/h2-8,13H,9-12,14H2,1H3. The maximum atomic E-state index is 12.7. The first-order chi connectivity index (χ1) is 12.3. The zero-order chi connectivity index (χ0) is 18.7. The molecule has 0 atom stereocenters. The highest BCUT2D eigenvalue weighted by atomic mass is 35.5. The number of piperazine rings is 1. The molecule has 1 amide bonds. The molecule has 0 saturated carbocycles. The molecule has 0 bridgehead atoms. The zero-order valence-corrected chi connectivity index (χ0v) is 16.1. The molecule has 0 radical (unpaired) electrons. The Morgan fingerprint density at radius 1 is 1.04 bits per heavy atom. The third kappa shape index (κ3) is 4.77. The smallest absolute Gasteiger partial charge is 0.253 e. The lowest BCUT2D eigenvalue weighted by molar-refractivity contribution is 0.0747. The number of sulfone groups is 1. The van der Waals surface area contributed by atoms with Crippen molar-refractivity contribution in [3.05, 3.63) is 64.7 Å². The number of carbonyl (C=O) groups is 1. The summed E-state index contributed by atoms with van der Waals surface area (Å²) in [6.45, 7) is 2.77. The summed E-state index contributed by atoms with van der Waals surface area (Å²) in [6.07, 6.45) is 1.20. The van der Waals surface area contributed by atoms with Crippen LogP contribution in [0.25, 0.3) is 0 Å². The van der Waals surface area contributed by atoms with Gasteiger partial charge in [-0.2, -0.15) is 0 Å². The second kappa shape index (κ2) is 7.68. The third-order valence-electron chi connectivity index (χ3n) is 4.37. The number of amides is 1. The number of halogens is 1. The van der Waals surface area contributed by atoms with Crippen LogP contribution in [0.3, 0.4) is 0 Å². The maximum absolute atomic E-state index is 12.7. The Kier molecular flexibility index (Phi) is 5.53. The van der Waals surface area contributed by atoms with Gasteiger partial charge in [-0.3, -0.25) is 4.79 Å². The normalized spacial score (nSPS) is 15.2. The molecule has 138 valence electrons. The number of hydrogen-bond acceptors (Lipinski definition) is 4. The van der Waals surface area contributed by atoms with Gasteiger partial charge in [-0.25, -0.2) is 8.42 Å². The van der Waals surface area contributed by atoms with Crippen LogP contribution >= 0.6 is 11.6 Å². The largest absolute Gasteiger partial charge is 0.368 e. The molecule has 1 fully saturated rings. The molecule has 1 saturated heterocycles. The zero-order valence-electron chi connectivity index (χ0n) is 14.6. The molecule has 0 aliphatic carbocycles. The molecule has 0 N–H and O–H groups in total. The predicted octanol–water partition coefficient (Wildman–Crippen LogP) is 2.85. The van der Waals surface area contributed by atoms with Crippen molar-refractivity contribution in [1.82, 2.24) is 4.90 Å². The van der Waals surface area contributed by atoms with E-state index in [9.17, 15) is 13.2 Å². The molecule has 2 aromatic carbocycles. The van der Waals surface area contributed by atoms with Crippen molar-refractivity contribution in [2.45, 2.75) is 5.75 Å². The first-order valence-electron chi connectivity index (χ1n) is 8.38. The lowest BCUT2D eigenvalue weighted by Crippen LogP contribution is -2.48. The van der Waals surface area contributed by atoms with Crippen molar-refractivity contribution in [2.24, 2.45) is 0 Å². The highest BCUT2D eigenvalue weighted by Crippen LogP contribution is 2.21. The molecule has 1 aliphatic heterocycles. The van der Waals surface area contributed by atoms with E-state index in [2.05, 4.69) is 4.90 Å². The number of carbonyl (C=O) groups excluding carboxylic acids is 1. The van der Waals surface area contributed by atoms with E-state index in [1.165, 1.54) is 6.26 Å². The Morgan fingerprint density at radius 2 is 1.69 bits per heavy atom. The quantitative estimate of drug-likeness (QED) is 0.802. The molecule has 26 heavy (non-hydrogen) atoms. The van der Waals surface area contributed by atoms with Crippen LogP contribution in [0.15, 0.2) is 48.5 Å². The SMILES string of the molecule is CS(=O)(=O)Cc1ccc(C(=O)N2CCN(c3cccc(Cl)c3)CC2)cc1. The number of hydrogen-bond donors (Lipinski definition) is 0. The summed E-state index contributed by atoms with van der Waals surface area (Å²) < 4.78 is 22.7. The number of anilines is 1. The molecule has 0 spiro atoms. The van der Waals surface area contributed by atoms with E-state index in [4.69, 9.17) is 11.6 Å². The highest BCUT2D eigenvalue weighted by Gasteiger charge is 2.22. The first kappa shape index (κ1) is 18.7. The molecular weight excluding hydrogens is 372 g/mol. The fraction of sp³-hybridized carbons (Fsp3) is 0.316. The van der Waals surface area contributed by atoms with E-state index in [0.717, 1.165) is 18.8 Å². The summed E-state index contributed by atoms with van der Waals surface area (Å²) in [5, 5.41) is 0.704. The molecule has 0 unspecified atom stereocenters. The molecular formula is C19H21ClN2O3S. The van der Waals surface area contributed by atoms with E-state index >= 15 is 0 Å². The minimum Gasteiger partial charge on any atom is -0.368 e. The molecule has 5 nitrogen and oxygen atoms in total. The van der Waals surface area contributed by atoms with Gasteiger partial charge in [0.2, 0.25) is 0 Å². The van der Waals surface area contributed by atoms with Gasteiger partial charge < -0.3 is 9.80 Å². The second-order valence-electron chi connectivity index (χ2n) is 6.53. The van der Waals surface area contributed by atoms with E-state index in [1.54, 1.807) is 24.3 Å². The van der Waals surface area contributed by atoms with Crippen molar-refractivity contribution in [3.8, 4) is 0 Å². The van der Waals surface area contributed by atoms with Crippen molar-refractivity contribution in [2.75, 3.05) is 37.3 Å². The Balaban J connectivity index is 1.61. The summed E-state index contributed by atoms with van der Waals surface area (Å²) in [4.78, 5) is 16.7. The Labute approximate surface area is 159 Å². The molecule has 7 heteroatoms. The fourth-order valence-corrected chi connectivity index (χ4v) is 4.05. The van der Waals surface area contributed by atoms with Crippen LogP contribution in [-0.2, 0) is 15.6 Å². The van der Waals surface area contributed by atoms with E-state index < -0.39 is 9.84 Å². The summed E-state index contributed by atoms with van der Waals surface area (Å²) in [5.41, 5.74) is 2.34. The van der Waals surface area contributed by atoms with Crippen LogP contribution in [0.4, 0.5) is 5.69 Å². The van der Waals surface area contributed by atoms with Crippen LogP contribution in [0.2, 0.25) is 5.02 Å². The monoisotopic (exact) mass is 392 g/mol. The van der Waals surface area contributed by atoms with Crippen molar-refractivity contribution < 1.29 is 13.2 Å². The fourth-order valence-electron chi connectivity index (χ4n) is 3.07. The molecule has 0 aromatic heterocycles. The minimum absolute atomic E-state index is 0.0141. The lowest BCUT2D eigenvalue weighted by Gasteiger charge is -2.36. The molecule has 1 heterocycles. The Morgan fingerprint density at radius 3 is 2.27 bits per heavy atom. The third-order valence-corrected chi connectivity index (χ3v) is 5.46. The maximum Gasteiger partial charge on any atom is 0.253 e. The number of benzene rings is 2. The van der Waals surface area contributed by atoms with Gasteiger partial charge in [-0.05, 0) is 35.9 Å². The van der Waals surface area contributed by atoms with Gasteiger partial charge >= 0.3 is 0 Å². The van der Waals surface area contributed by atoms with Crippen molar-refractivity contribution in [1.29, 1.82) is 0 Å². The average molecular weight is 393 g/mol. The van der Waals surface area contributed by atoms with Gasteiger partial charge in [0, 0.05) is 48.7 Å². The number of rotatable bonds is 4.